The number of rotatable bonds is 7. The fourth-order valence-corrected chi connectivity index (χ4v) is 3.57. The molecule has 0 spiro atoms. The van der Waals surface area contributed by atoms with Crippen molar-refractivity contribution in [3.63, 3.8) is 0 Å². The average Bonchev–Trinajstić information content (AvgIpc) is 3.09. The van der Waals surface area contributed by atoms with Gasteiger partial charge in [0.1, 0.15) is 5.82 Å². The summed E-state index contributed by atoms with van der Waals surface area (Å²) in [6.07, 6.45) is 0.190. The van der Waals surface area contributed by atoms with Gasteiger partial charge in [0.25, 0.3) is 0 Å². The Morgan fingerprint density at radius 3 is 2.52 bits per heavy atom. The van der Waals surface area contributed by atoms with Crippen LogP contribution in [0.3, 0.4) is 0 Å². The van der Waals surface area contributed by atoms with Gasteiger partial charge in [-0.3, -0.25) is 4.79 Å². The van der Waals surface area contributed by atoms with Crippen molar-refractivity contribution in [1.29, 1.82) is 5.26 Å². The van der Waals surface area contributed by atoms with E-state index in [2.05, 4.69) is 10.2 Å². The van der Waals surface area contributed by atoms with E-state index >= 15 is 0 Å². The van der Waals surface area contributed by atoms with Gasteiger partial charge in [0.2, 0.25) is 5.91 Å². The number of nitriles is 1. The summed E-state index contributed by atoms with van der Waals surface area (Å²) < 4.78 is 15.1. The molecule has 0 saturated carbocycles. The van der Waals surface area contributed by atoms with E-state index in [1.54, 1.807) is 0 Å². The van der Waals surface area contributed by atoms with E-state index in [1.807, 2.05) is 48.9 Å². The molecule has 0 aliphatic heterocycles. The minimum atomic E-state index is -0.376. The van der Waals surface area contributed by atoms with Crippen molar-refractivity contribution in [2.75, 3.05) is 17.2 Å². The number of aryl methyl sites for hydroxylation is 1. The Morgan fingerprint density at radius 2 is 1.86 bits per heavy atom. The van der Waals surface area contributed by atoms with Crippen LogP contribution in [0, 0.1) is 24.1 Å². The molecule has 1 heterocycles. The van der Waals surface area contributed by atoms with Crippen LogP contribution in [0.5, 0.6) is 0 Å². The molecule has 3 aromatic rings. The maximum atomic E-state index is 13.2. The molecule has 1 aromatic heterocycles. The zero-order valence-corrected chi connectivity index (χ0v) is 17.0. The number of carbonyl (C=O) groups is 1. The highest BCUT2D eigenvalue weighted by atomic mass is 32.2. The van der Waals surface area contributed by atoms with Crippen LogP contribution in [-0.4, -0.2) is 33.0 Å². The lowest BCUT2D eigenvalue weighted by Gasteiger charge is -2.21. The molecule has 0 atom stereocenters. The molecule has 29 heavy (non-hydrogen) atoms. The van der Waals surface area contributed by atoms with Crippen LogP contribution in [0.25, 0.3) is 11.4 Å². The first-order valence-electron chi connectivity index (χ1n) is 9.01. The SMILES string of the molecule is Cc1ccc(-c2nnc(SCC(=O)N(CCC#N)c3ccc(F)cc3)n2C)cc1. The number of carbonyl (C=O) groups excluding carboxylic acids is 1. The molecule has 1 amide bonds. The van der Waals surface area contributed by atoms with Crippen LogP contribution in [0.4, 0.5) is 10.1 Å². The molecule has 0 bridgehead atoms. The summed E-state index contributed by atoms with van der Waals surface area (Å²) in [6, 6.07) is 15.7. The van der Waals surface area contributed by atoms with Crippen molar-refractivity contribution in [1.82, 2.24) is 14.8 Å². The van der Waals surface area contributed by atoms with Gasteiger partial charge < -0.3 is 9.47 Å². The summed E-state index contributed by atoms with van der Waals surface area (Å²) in [4.78, 5) is 14.3. The molecule has 2 aromatic carbocycles. The third kappa shape index (κ3) is 5.00. The largest absolute Gasteiger partial charge is 0.311 e. The maximum Gasteiger partial charge on any atom is 0.237 e. The lowest BCUT2D eigenvalue weighted by Crippen LogP contribution is -2.33. The van der Waals surface area contributed by atoms with Gasteiger partial charge >= 0.3 is 0 Å². The number of hydrogen-bond acceptors (Lipinski definition) is 5. The van der Waals surface area contributed by atoms with Crippen molar-refractivity contribution in [3.8, 4) is 17.5 Å². The molecule has 148 valence electrons. The Morgan fingerprint density at radius 1 is 1.17 bits per heavy atom. The molecular formula is C21H20FN5OS. The van der Waals surface area contributed by atoms with Gasteiger partial charge in [0, 0.05) is 24.8 Å². The number of hydrogen-bond donors (Lipinski definition) is 0. The van der Waals surface area contributed by atoms with Gasteiger partial charge in [-0.25, -0.2) is 4.39 Å². The van der Waals surface area contributed by atoms with Gasteiger partial charge in [0.05, 0.1) is 18.2 Å². The Balaban J connectivity index is 1.72. The second kappa shape index (κ2) is 9.34. The molecule has 0 aliphatic rings. The molecule has 8 heteroatoms. The lowest BCUT2D eigenvalue weighted by molar-refractivity contribution is -0.116. The van der Waals surface area contributed by atoms with Crippen LogP contribution in [0.2, 0.25) is 0 Å². The molecule has 0 N–H and O–H groups in total. The fourth-order valence-electron chi connectivity index (χ4n) is 2.78. The van der Waals surface area contributed by atoms with Gasteiger partial charge in [0.15, 0.2) is 11.0 Å². The van der Waals surface area contributed by atoms with E-state index in [1.165, 1.54) is 40.9 Å². The lowest BCUT2D eigenvalue weighted by atomic mass is 10.1. The average molecular weight is 409 g/mol. The number of nitrogens with zero attached hydrogens (tertiary/aromatic N) is 5. The summed E-state index contributed by atoms with van der Waals surface area (Å²) in [5, 5.41) is 17.9. The summed E-state index contributed by atoms with van der Waals surface area (Å²) in [7, 11) is 1.86. The predicted octanol–water partition coefficient (Wildman–Crippen LogP) is 3.97. The smallest absolute Gasteiger partial charge is 0.237 e. The Hall–Kier alpha value is -3.18. The van der Waals surface area contributed by atoms with E-state index < -0.39 is 0 Å². The fraction of sp³-hybridized carbons (Fsp3) is 0.238. The van der Waals surface area contributed by atoms with Gasteiger partial charge in [-0.15, -0.1) is 10.2 Å². The molecule has 6 nitrogen and oxygen atoms in total. The Bertz CT molecular complexity index is 1020. The predicted molar refractivity (Wildman–Crippen MR) is 111 cm³/mol. The van der Waals surface area contributed by atoms with Crippen LogP contribution in [0.15, 0.2) is 53.7 Å². The molecular weight excluding hydrogens is 389 g/mol. The molecule has 3 rings (SSSR count). The molecule has 0 aliphatic carbocycles. The van der Waals surface area contributed by atoms with Crippen LogP contribution < -0.4 is 4.90 Å². The second-order valence-electron chi connectivity index (χ2n) is 6.45. The number of amides is 1. The van der Waals surface area contributed by atoms with E-state index in [0.717, 1.165) is 17.0 Å². The van der Waals surface area contributed by atoms with Crippen LogP contribution >= 0.6 is 11.8 Å². The van der Waals surface area contributed by atoms with E-state index in [0.29, 0.717) is 10.8 Å². The zero-order chi connectivity index (χ0) is 20.8. The van der Waals surface area contributed by atoms with E-state index in [9.17, 15) is 9.18 Å². The Kier molecular flexibility index (Phi) is 6.62. The highest BCUT2D eigenvalue weighted by molar-refractivity contribution is 7.99. The molecule has 0 radical (unpaired) electrons. The van der Waals surface area contributed by atoms with Crippen molar-refractivity contribution >= 4 is 23.4 Å². The zero-order valence-electron chi connectivity index (χ0n) is 16.2. The third-order valence-corrected chi connectivity index (χ3v) is 5.36. The quantitative estimate of drug-likeness (QED) is 0.552. The van der Waals surface area contributed by atoms with Gasteiger partial charge in [-0.05, 0) is 31.2 Å². The number of benzene rings is 2. The standard InChI is InChI=1S/C21H20FN5OS/c1-15-4-6-16(7-5-15)20-24-25-21(26(20)2)29-14-19(28)27(13-3-12-23)18-10-8-17(22)9-11-18/h4-11H,3,13-14H2,1-2H3. The van der Waals surface area contributed by atoms with Crippen molar-refractivity contribution in [2.24, 2.45) is 7.05 Å². The van der Waals surface area contributed by atoms with Gasteiger partial charge in [-0.2, -0.15) is 5.26 Å². The first kappa shape index (κ1) is 20.6. The number of aromatic nitrogens is 3. The minimum absolute atomic E-state index is 0.128. The van der Waals surface area contributed by atoms with Crippen molar-refractivity contribution < 1.29 is 9.18 Å². The van der Waals surface area contributed by atoms with E-state index in [4.69, 9.17) is 5.26 Å². The molecule has 0 unspecified atom stereocenters. The summed E-state index contributed by atoms with van der Waals surface area (Å²) >= 11 is 1.27. The third-order valence-electron chi connectivity index (χ3n) is 4.36. The molecule has 0 saturated heterocycles. The van der Waals surface area contributed by atoms with E-state index in [-0.39, 0.29) is 30.4 Å². The molecule has 0 fully saturated rings. The highest BCUT2D eigenvalue weighted by Crippen LogP contribution is 2.24. The number of anilines is 1. The normalized spacial score (nSPS) is 10.6. The summed E-state index contributed by atoms with van der Waals surface area (Å²) in [5.41, 5.74) is 2.67. The van der Waals surface area contributed by atoms with Gasteiger partial charge in [-0.1, -0.05) is 41.6 Å². The summed E-state index contributed by atoms with van der Waals surface area (Å²) in [5.74, 6) is 0.290. The number of thioether (sulfide) groups is 1. The topological polar surface area (TPSA) is 74.8 Å². The van der Waals surface area contributed by atoms with Crippen LogP contribution in [0.1, 0.15) is 12.0 Å². The highest BCUT2D eigenvalue weighted by Gasteiger charge is 2.18. The first-order valence-corrected chi connectivity index (χ1v) is 10.0. The second-order valence-corrected chi connectivity index (χ2v) is 7.39. The monoisotopic (exact) mass is 409 g/mol. The minimum Gasteiger partial charge on any atom is -0.311 e. The van der Waals surface area contributed by atoms with Crippen molar-refractivity contribution in [2.45, 2.75) is 18.5 Å². The maximum absolute atomic E-state index is 13.2. The first-order chi connectivity index (χ1) is 14.0. The van der Waals surface area contributed by atoms with Crippen LogP contribution in [-0.2, 0) is 11.8 Å². The summed E-state index contributed by atoms with van der Waals surface area (Å²) in [6.45, 7) is 2.27. The Labute approximate surface area is 173 Å². The van der Waals surface area contributed by atoms with Crippen molar-refractivity contribution in [3.05, 3.63) is 59.9 Å². The number of halogens is 1.